The fourth-order valence-electron chi connectivity index (χ4n) is 8.37. The van der Waals surface area contributed by atoms with E-state index in [1.54, 1.807) is 0 Å². The molecule has 6 nitrogen and oxygen atoms in total. The zero-order chi connectivity index (χ0) is 42.3. The number of carbonyl (C=O) groups excluding carboxylic acids is 3. The standard InChI is InChI=1S/C24H36ClNO2.C24H34ClNO2/c2*1-22(2,3)12-10-17-8-9-18(14-19(17)25)24(6)15-21(28)26-16-20(24)23(4,5)11-7-13-27/h8-9,14,16,27H,7,10-13,15H2,1-6H3,(H,26,28);8-9,13-14,16H,7,10-12,15H2,1-6H3,(H,26,28). The molecule has 2 aromatic carbocycles. The Kier molecular flexibility index (Phi) is 15.9. The van der Waals surface area contributed by atoms with Crippen LogP contribution < -0.4 is 10.6 Å². The third-order valence-electron chi connectivity index (χ3n) is 11.9. The van der Waals surface area contributed by atoms with Crippen molar-refractivity contribution in [3.05, 3.63) is 92.2 Å². The predicted molar refractivity (Wildman–Crippen MR) is 234 cm³/mol. The molecule has 8 heteroatoms. The first-order chi connectivity index (χ1) is 25.8. The lowest BCUT2D eigenvalue weighted by atomic mass is 9.62. The maximum atomic E-state index is 12.3. The molecule has 0 aliphatic carbocycles. The average molecular weight is 810 g/mol. The van der Waals surface area contributed by atoms with Crippen LogP contribution in [0.15, 0.2) is 59.9 Å². The molecule has 2 aliphatic rings. The summed E-state index contributed by atoms with van der Waals surface area (Å²) in [5.41, 5.74) is 6.09. The van der Waals surface area contributed by atoms with E-state index in [0.717, 1.165) is 89.1 Å². The van der Waals surface area contributed by atoms with Crippen LogP contribution in [0.3, 0.4) is 0 Å². The van der Waals surface area contributed by atoms with E-state index in [9.17, 15) is 19.5 Å². The zero-order valence-corrected chi connectivity index (χ0v) is 37.9. The Hall–Kier alpha value is -2.93. The van der Waals surface area contributed by atoms with Crippen LogP contribution >= 0.6 is 23.2 Å². The van der Waals surface area contributed by atoms with Crippen molar-refractivity contribution in [1.82, 2.24) is 10.6 Å². The first-order valence-corrected chi connectivity index (χ1v) is 21.2. The zero-order valence-electron chi connectivity index (χ0n) is 36.4. The van der Waals surface area contributed by atoms with Crippen molar-refractivity contribution in [2.24, 2.45) is 21.7 Å². The third kappa shape index (κ3) is 12.5. The van der Waals surface area contributed by atoms with Crippen LogP contribution in [-0.4, -0.2) is 29.8 Å². The maximum absolute atomic E-state index is 12.3. The van der Waals surface area contributed by atoms with Crippen molar-refractivity contribution in [2.45, 2.75) is 158 Å². The largest absolute Gasteiger partial charge is 0.396 e. The van der Waals surface area contributed by atoms with E-state index in [1.165, 1.54) is 5.57 Å². The van der Waals surface area contributed by atoms with E-state index in [2.05, 4.69) is 118 Å². The van der Waals surface area contributed by atoms with Crippen LogP contribution in [0, 0.1) is 21.7 Å². The Balaban J connectivity index is 0.000000300. The number of hydrogen-bond acceptors (Lipinski definition) is 4. The minimum Gasteiger partial charge on any atom is -0.396 e. The summed E-state index contributed by atoms with van der Waals surface area (Å²) >= 11 is 13.3. The number of halogens is 2. The number of allylic oxidation sites excluding steroid dienone is 2. The van der Waals surface area contributed by atoms with Gasteiger partial charge in [-0.15, -0.1) is 0 Å². The highest BCUT2D eigenvalue weighted by atomic mass is 35.5. The topological polar surface area (TPSA) is 95.5 Å². The van der Waals surface area contributed by atoms with Crippen LogP contribution in [0.25, 0.3) is 0 Å². The minimum absolute atomic E-state index is 0.00497. The molecule has 2 amide bonds. The van der Waals surface area contributed by atoms with Gasteiger partial charge in [0.15, 0.2) is 0 Å². The van der Waals surface area contributed by atoms with Crippen LogP contribution in [0.1, 0.15) is 157 Å². The van der Waals surface area contributed by atoms with Crippen molar-refractivity contribution in [2.75, 3.05) is 6.61 Å². The lowest BCUT2D eigenvalue weighted by Crippen LogP contribution is -2.43. The van der Waals surface area contributed by atoms with Gasteiger partial charge in [0.05, 0.1) is 0 Å². The van der Waals surface area contributed by atoms with Crippen molar-refractivity contribution >= 4 is 41.3 Å². The summed E-state index contributed by atoms with van der Waals surface area (Å²) in [6.45, 7) is 26.5. The number of aliphatic hydroxyl groups excluding tert-OH is 1. The number of nitrogens with one attached hydrogen (secondary N) is 2. The molecule has 0 fully saturated rings. The maximum Gasteiger partial charge on any atom is 0.225 e. The molecule has 0 bridgehead atoms. The number of benzene rings is 2. The smallest absolute Gasteiger partial charge is 0.225 e. The van der Waals surface area contributed by atoms with Crippen molar-refractivity contribution in [3.8, 4) is 0 Å². The quantitative estimate of drug-likeness (QED) is 0.166. The van der Waals surface area contributed by atoms with Crippen molar-refractivity contribution < 1.29 is 19.5 Å². The predicted octanol–water partition coefficient (Wildman–Crippen LogP) is 11.8. The molecule has 0 saturated carbocycles. The van der Waals surface area contributed by atoms with Crippen LogP contribution in [0.5, 0.6) is 0 Å². The molecule has 0 aromatic heterocycles. The van der Waals surface area contributed by atoms with Gasteiger partial charge in [0, 0.05) is 59.1 Å². The Bertz CT molecular complexity index is 1780. The Morgan fingerprint density at radius 1 is 0.661 bits per heavy atom. The second-order valence-corrected chi connectivity index (χ2v) is 21.1. The van der Waals surface area contributed by atoms with E-state index < -0.39 is 10.8 Å². The molecule has 2 aromatic rings. The molecule has 2 unspecified atom stereocenters. The molecular formula is C48H70Cl2N2O4. The van der Waals surface area contributed by atoms with E-state index in [0.29, 0.717) is 19.3 Å². The Morgan fingerprint density at radius 2 is 1.05 bits per heavy atom. The summed E-state index contributed by atoms with van der Waals surface area (Å²) in [7, 11) is 0. The monoisotopic (exact) mass is 808 g/mol. The Labute approximate surface area is 348 Å². The normalized spacial score (nSPS) is 20.6. The molecule has 4 rings (SSSR count). The number of aldehydes is 1. The molecule has 310 valence electrons. The number of rotatable bonds is 14. The van der Waals surface area contributed by atoms with Crippen LogP contribution in [-0.2, 0) is 38.1 Å². The van der Waals surface area contributed by atoms with E-state index >= 15 is 0 Å². The molecule has 3 N–H and O–H groups in total. The summed E-state index contributed by atoms with van der Waals surface area (Å²) in [4.78, 5) is 35.5. The average Bonchev–Trinajstić information content (AvgIpc) is 3.08. The van der Waals surface area contributed by atoms with Crippen LogP contribution in [0.4, 0.5) is 0 Å². The van der Waals surface area contributed by atoms with Crippen LogP contribution in [0.2, 0.25) is 10.0 Å². The van der Waals surface area contributed by atoms with Gasteiger partial charge in [-0.25, -0.2) is 0 Å². The highest BCUT2D eigenvalue weighted by Gasteiger charge is 2.44. The lowest BCUT2D eigenvalue weighted by Gasteiger charge is -2.43. The fourth-order valence-corrected chi connectivity index (χ4v) is 8.92. The minimum atomic E-state index is -0.444. The van der Waals surface area contributed by atoms with Gasteiger partial charge < -0.3 is 20.5 Å². The van der Waals surface area contributed by atoms with E-state index in [4.69, 9.17) is 23.2 Å². The highest BCUT2D eigenvalue weighted by Crippen LogP contribution is 2.50. The summed E-state index contributed by atoms with van der Waals surface area (Å²) in [6.07, 6.45) is 12.3. The molecule has 0 radical (unpaired) electrons. The van der Waals surface area contributed by atoms with Gasteiger partial charge in [-0.1, -0.05) is 131 Å². The van der Waals surface area contributed by atoms with E-state index in [1.807, 2.05) is 24.5 Å². The van der Waals surface area contributed by atoms with Crippen molar-refractivity contribution in [3.63, 3.8) is 0 Å². The number of aryl methyl sites for hydroxylation is 2. The van der Waals surface area contributed by atoms with Gasteiger partial charge in [0.2, 0.25) is 11.8 Å². The van der Waals surface area contributed by atoms with Crippen molar-refractivity contribution in [1.29, 1.82) is 0 Å². The van der Waals surface area contributed by atoms with Gasteiger partial charge in [0.1, 0.15) is 6.29 Å². The first-order valence-electron chi connectivity index (χ1n) is 20.4. The fraction of sp³-hybridized carbons (Fsp3) is 0.604. The highest BCUT2D eigenvalue weighted by molar-refractivity contribution is 6.31. The Morgan fingerprint density at radius 3 is 1.39 bits per heavy atom. The lowest BCUT2D eigenvalue weighted by molar-refractivity contribution is -0.122. The number of aliphatic hydroxyl groups is 1. The molecule has 0 saturated heterocycles. The number of amides is 2. The summed E-state index contributed by atoms with van der Waals surface area (Å²) in [5, 5.41) is 16.6. The summed E-state index contributed by atoms with van der Waals surface area (Å²) in [5.74, 6) is 0.0301. The van der Waals surface area contributed by atoms with Gasteiger partial charge in [0.25, 0.3) is 0 Å². The second-order valence-electron chi connectivity index (χ2n) is 20.3. The molecule has 0 spiro atoms. The SMILES string of the molecule is CC(C)(C)CCc1ccc(C2(C)CC(=O)NC=C2C(C)(C)CCC=O)cc1Cl.CC(C)(C)CCc1ccc(C2(C)CC(=O)NC=C2C(C)(C)CCCO)cc1Cl. The van der Waals surface area contributed by atoms with E-state index in [-0.39, 0.29) is 40.1 Å². The third-order valence-corrected chi connectivity index (χ3v) is 12.7. The molecular weight excluding hydrogens is 739 g/mol. The molecule has 2 heterocycles. The number of hydrogen-bond donors (Lipinski definition) is 3. The molecule has 2 atom stereocenters. The summed E-state index contributed by atoms with van der Waals surface area (Å²) < 4.78 is 0. The van der Waals surface area contributed by atoms with Gasteiger partial charge in [-0.3, -0.25) is 9.59 Å². The second kappa shape index (κ2) is 18.8. The van der Waals surface area contributed by atoms with Gasteiger partial charge in [-0.2, -0.15) is 0 Å². The molecule has 2 aliphatic heterocycles. The van der Waals surface area contributed by atoms with Gasteiger partial charge >= 0.3 is 0 Å². The molecule has 56 heavy (non-hydrogen) atoms. The van der Waals surface area contributed by atoms with Gasteiger partial charge in [-0.05, 0) is 112 Å². The number of carbonyl (C=O) groups is 3. The first kappa shape index (κ1) is 47.4. The summed E-state index contributed by atoms with van der Waals surface area (Å²) in [6, 6.07) is 12.6.